The smallest absolute Gasteiger partial charge is 0.357 e. The van der Waals surface area contributed by atoms with Crippen LogP contribution < -0.4 is 10.6 Å². The van der Waals surface area contributed by atoms with Crippen molar-refractivity contribution in [3.63, 3.8) is 0 Å². The van der Waals surface area contributed by atoms with Crippen LogP contribution in [0.4, 0.5) is 13.2 Å². The molecule has 0 spiro atoms. The Morgan fingerprint density at radius 1 is 1.14 bits per heavy atom. The third-order valence-electron chi connectivity index (χ3n) is 2.76. The minimum absolute atomic E-state index is 0.0800. The maximum absolute atomic E-state index is 12.1. The van der Waals surface area contributed by atoms with Crippen molar-refractivity contribution in [3.05, 3.63) is 0 Å². The average Bonchev–Trinajstić information content (AvgIpc) is 2.38. The molecule has 0 saturated heterocycles. The Balaban J connectivity index is 4.45. The van der Waals surface area contributed by atoms with Crippen molar-refractivity contribution in [2.45, 2.75) is 33.4 Å². The third-order valence-corrected chi connectivity index (χ3v) is 4.78. The molecule has 10 heteroatoms. The summed E-state index contributed by atoms with van der Waals surface area (Å²) in [6.45, 7) is 6.19. The van der Waals surface area contributed by atoms with E-state index in [0.717, 1.165) is 0 Å². The topological polar surface area (TPSA) is 73.8 Å². The predicted octanol–water partition coefficient (Wildman–Crippen LogP) is 1.17. The van der Waals surface area contributed by atoms with Crippen molar-refractivity contribution in [2.24, 2.45) is 4.99 Å². The molecule has 6 nitrogen and oxygen atoms in total. The first-order valence-electron chi connectivity index (χ1n) is 7.23. The minimum atomic E-state index is -4.26. The van der Waals surface area contributed by atoms with Crippen LogP contribution in [0.1, 0.15) is 27.2 Å². The molecule has 0 heterocycles. The van der Waals surface area contributed by atoms with Crippen LogP contribution in [0, 0.1) is 0 Å². The minimum Gasteiger partial charge on any atom is -0.357 e. The molecule has 0 unspecified atom stereocenters. The number of aliphatic imine (C=N–C) groups is 1. The van der Waals surface area contributed by atoms with E-state index in [-0.39, 0.29) is 18.3 Å². The number of sulfonamides is 1. The molecule has 0 aliphatic heterocycles. The standard InChI is InChI=1S/C12H25F3N4O2S/c1-4-16-11(17-8-7-12(13,14)15)18-9-10-22(20,21)19(5-2)6-3/h4-10H2,1-3H3,(H2,16,17,18). The molecule has 22 heavy (non-hydrogen) atoms. The van der Waals surface area contributed by atoms with Gasteiger partial charge in [0.1, 0.15) is 0 Å². The zero-order chi connectivity index (χ0) is 17.2. The van der Waals surface area contributed by atoms with Crippen molar-refractivity contribution in [1.29, 1.82) is 0 Å². The van der Waals surface area contributed by atoms with Gasteiger partial charge >= 0.3 is 6.18 Å². The van der Waals surface area contributed by atoms with E-state index in [4.69, 9.17) is 0 Å². The fourth-order valence-corrected chi connectivity index (χ4v) is 3.09. The Kier molecular flexibility index (Phi) is 9.42. The van der Waals surface area contributed by atoms with E-state index in [1.165, 1.54) is 4.31 Å². The first-order valence-corrected chi connectivity index (χ1v) is 8.83. The van der Waals surface area contributed by atoms with E-state index in [9.17, 15) is 21.6 Å². The summed E-state index contributed by atoms with van der Waals surface area (Å²) in [6, 6.07) is 0. The highest BCUT2D eigenvalue weighted by Crippen LogP contribution is 2.18. The number of nitrogens with one attached hydrogen (secondary N) is 2. The second kappa shape index (κ2) is 9.88. The lowest BCUT2D eigenvalue weighted by Gasteiger charge is -2.19. The highest BCUT2D eigenvalue weighted by molar-refractivity contribution is 7.89. The van der Waals surface area contributed by atoms with Gasteiger partial charge < -0.3 is 10.6 Å². The predicted molar refractivity (Wildman–Crippen MR) is 81.4 cm³/mol. The molecule has 0 fully saturated rings. The van der Waals surface area contributed by atoms with Crippen LogP contribution in [0.5, 0.6) is 0 Å². The van der Waals surface area contributed by atoms with Crippen molar-refractivity contribution >= 4 is 16.0 Å². The van der Waals surface area contributed by atoms with Crippen molar-refractivity contribution < 1.29 is 21.6 Å². The second-order valence-corrected chi connectivity index (χ2v) is 6.54. The third kappa shape index (κ3) is 9.08. The number of nitrogens with zero attached hydrogens (tertiary/aromatic N) is 2. The molecule has 0 aromatic carbocycles. The molecule has 0 saturated carbocycles. The van der Waals surface area contributed by atoms with Gasteiger partial charge in [-0.1, -0.05) is 13.8 Å². The van der Waals surface area contributed by atoms with E-state index in [1.54, 1.807) is 20.8 Å². The second-order valence-electron chi connectivity index (χ2n) is 4.45. The number of halogens is 3. The molecule has 0 aliphatic rings. The Labute approximate surface area is 130 Å². The molecular weight excluding hydrogens is 321 g/mol. The summed E-state index contributed by atoms with van der Waals surface area (Å²) in [5, 5.41) is 5.51. The quantitative estimate of drug-likeness (QED) is 0.485. The van der Waals surface area contributed by atoms with Gasteiger partial charge in [-0.05, 0) is 6.92 Å². The monoisotopic (exact) mass is 346 g/mol. The van der Waals surface area contributed by atoms with E-state index in [2.05, 4.69) is 15.6 Å². The Hall–Kier alpha value is -1.03. The Morgan fingerprint density at radius 2 is 1.73 bits per heavy atom. The maximum Gasteiger partial charge on any atom is 0.390 e. The molecule has 0 bridgehead atoms. The van der Waals surface area contributed by atoms with Gasteiger partial charge in [0.15, 0.2) is 5.96 Å². The van der Waals surface area contributed by atoms with Crippen LogP contribution in [0.15, 0.2) is 4.99 Å². The summed E-state index contributed by atoms with van der Waals surface area (Å²) < 4.78 is 61.5. The largest absolute Gasteiger partial charge is 0.390 e. The van der Waals surface area contributed by atoms with Gasteiger partial charge in [0.25, 0.3) is 0 Å². The van der Waals surface area contributed by atoms with Crippen LogP contribution in [-0.2, 0) is 10.0 Å². The van der Waals surface area contributed by atoms with Gasteiger partial charge in [-0.15, -0.1) is 0 Å². The summed E-state index contributed by atoms with van der Waals surface area (Å²) in [7, 11) is -3.37. The highest BCUT2D eigenvalue weighted by Gasteiger charge is 2.26. The van der Waals surface area contributed by atoms with E-state index < -0.39 is 29.2 Å². The molecule has 0 rings (SSSR count). The summed E-state index contributed by atoms with van der Waals surface area (Å²) in [5.41, 5.74) is 0. The molecule has 0 amide bonds. The lowest BCUT2D eigenvalue weighted by Crippen LogP contribution is -2.42. The van der Waals surface area contributed by atoms with Crippen LogP contribution in [0.2, 0.25) is 0 Å². The fourth-order valence-electron chi connectivity index (χ4n) is 1.68. The Morgan fingerprint density at radius 3 is 2.18 bits per heavy atom. The molecule has 0 aromatic heterocycles. The average molecular weight is 346 g/mol. The van der Waals surface area contributed by atoms with Crippen LogP contribution in [-0.4, -0.2) is 63.3 Å². The van der Waals surface area contributed by atoms with Crippen LogP contribution in [0.25, 0.3) is 0 Å². The number of hydrogen-bond acceptors (Lipinski definition) is 3. The van der Waals surface area contributed by atoms with Crippen molar-refractivity contribution in [2.75, 3.05) is 38.5 Å². The van der Waals surface area contributed by atoms with Gasteiger partial charge in [-0.25, -0.2) is 12.7 Å². The van der Waals surface area contributed by atoms with Gasteiger partial charge in [0.2, 0.25) is 10.0 Å². The van der Waals surface area contributed by atoms with Gasteiger partial charge in [0.05, 0.1) is 18.7 Å². The van der Waals surface area contributed by atoms with E-state index in [0.29, 0.717) is 19.6 Å². The number of hydrogen-bond donors (Lipinski definition) is 2. The lowest BCUT2D eigenvalue weighted by atomic mass is 10.4. The fraction of sp³-hybridized carbons (Fsp3) is 0.917. The first-order chi connectivity index (χ1) is 10.2. The van der Waals surface area contributed by atoms with E-state index in [1.807, 2.05) is 0 Å². The molecule has 0 radical (unpaired) electrons. The van der Waals surface area contributed by atoms with Gasteiger partial charge in [-0.3, -0.25) is 4.99 Å². The van der Waals surface area contributed by atoms with Crippen LogP contribution in [0.3, 0.4) is 0 Å². The summed E-state index contributed by atoms with van der Waals surface area (Å²) in [4.78, 5) is 3.77. The Bertz CT molecular complexity index is 434. The normalized spacial score (nSPS) is 13.5. The molecule has 2 N–H and O–H groups in total. The van der Waals surface area contributed by atoms with Crippen molar-refractivity contribution in [3.8, 4) is 0 Å². The number of guanidine groups is 1. The van der Waals surface area contributed by atoms with Gasteiger partial charge in [0, 0.05) is 26.2 Å². The SMILES string of the molecule is CCNC(=NCCC(F)(F)F)NCCS(=O)(=O)N(CC)CC. The molecule has 0 aliphatic carbocycles. The lowest BCUT2D eigenvalue weighted by molar-refractivity contribution is -0.132. The molecule has 0 atom stereocenters. The molecular formula is C12H25F3N4O2S. The molecule has 0 aromatic rings. The first kappa shape index (κ1) is 21.0. The summed E-state index contributed by atoms with van der Waals surface area (Å²) in [6.07, 6.45) is -5.27. The van der Waals surface area contributed by atoms with E-state index >= 15 is 0 Å². The maximum atomic E-state index is 12.1. The van der Waals surface area contributed by atoms with Crippen LogP contribution >= 0.6 is 0 Å². The zero-order valence-electron chi connectivity index (χ0n) is 13.2. The zero-order valence-corrected chi connectivity index (χ0v) is 14.0. The number of alkyl halides is 3. The molecule has 132 valence electrons. The van der Waals surface area contributed by atoms with Crippen molar-refractivity contribution in [1.82, 2.24) is 14.9 Å². The summed E-state index contributed by atoms with van der Waals surface area (Å²) >= 11 is 0. The summed E-state index contributed by atoms with van der Waals surface area (Å²) in [5.74, 6) is 0.0414. The van der Waals surface area contributed by atoms with Gasteiger partial charge in [-0.2, -0.15) is 13.2 Å². The number of rotatable bonds is 9. The highest BCUT2D eigenvalue weighted by atomic mass is 32.2.